The number of hydrazine groups is 1. The van der Waals surface area contributed by atoms with Gasteiger partial charge in [-0.25, -0.2) is 4.39 Å². The van der Waals surface area contributed by atoms with E-state index in [1.165, 1.54) is 6.07 Å². The smallest absolute Gasteiger partial charge is 0.128 e. The summed E-state index contributed by atoms with van der Waals surface area (Å²) >= 11 is 0. The number of para-hydroxylation sites is 1. The van der Waals surface area contributed by atoms with Gasteiger partial charge in [0.1, 0.15) is 5.82 Å². The first-order valence-corrected chi connectivity index (χ1v) is 7.95. The Morgan fingerprint density at radius 3 is 2.08 bits per heavy atom. The molecule has 0 fully saturated rings. The van der Waals surface area contributed by atoms with Crippen molar-refractivity contribution in [3.63, 3.8) is 0 Å². The van der Waals surface area contributed by atoms with Gasteiger partial charge in [0.2, 0.25) is 0 Å². The number of nitrogens with one attached hydrogen (secondary N) is 1. The van der Waals surface area contributed by atoms with Gasteiger partial charge in [-0.1, -0.05) is 66.7 Å². The second-order valence-electron chi connectivity index (χ2n) is 5.73. The number of hydrogen-bond acceptors (Lipinski definition) is 2. The molecule has 1 aliphatic heterocycles. The number of anilines is 1. The number of halogens is 1. The zero-order chi connectivity index (χ0) is 16.4. The van der Waals surface area contributed by atoms with Crippen molar-refractivity contribution in [3.8, 4) is 0 Å². The maximum atomic E-state index is 14.4. The normalized spacial score (nSPS) is 16.6. The molecule has 0 amide bonds. The van der Waals surface area contributed by atoms with Gasteiger partial charge in [-0.3, -0.25) is 10.4 Å². The van der Waals surface area contributed by atoms with E-state index >= 15 is 0 Å². The molecular formula is C21H17FN2. The van der Waals surface area contributed by atoms with Crippen molar-refractivity contribution in [2.45, 2.75) is 6.04 Å². The molecule has 3 heteroatoms. The number of rotatable bonds is 3. The van der Waals surface area contributed by atoms with Gasteiger partial charge in [0.05, 0.1) is 17.4 Å². The van der Waals surface area contributed by atoms with Crippen LogP contribution in [0.2, 0.25) is 0 Å². The van der Waals surface area contributed by atoms with Crippen LogP contribution in [0.5, 0.6) is 0 Å². The van der Waals surface area contributed by atoms with Crippen molar-refractivity contribution in [1.29, 1.82) is 0 Å². The topological polar surface area (TPSA) is 15.3 Å². The third kappa shape index (κ3) is 2.65. The first kappa shape index (κ1) is 14.5. The van der Waals surface area contributed by atoms with Crippen LogP contribution >= 0.6 is 0 Å². The van der Waals surface area contributed by atoms with E-state index in [0.29, 0.717) is 5.56 Å². The Morgan fingerprint density at radius 2 is 1.38 bits per heavy atom. The van der Waals surface area contributed by atoms with Gasteiger partial charge in [0, 0.05) is 5.56 Å². The van der Waals surface area contributed by atoms with E-state index in [2.05, 4.69) is 11.5 Å². The lowest BCUT2D eigenvalue weighted by Gasteiger charge is -2.27. The Kier molecular flexibility index (Phi) is 3.75. The first-order valence-electron chi connectivity index (χ1n) is 7.95. The molecule has 4 rings (SSSR count). The predicted molar refractivity (Wildman–Crippen MR) is 95.6 cm³/mol. The Labute approximate surface area is 140 Å². The second-order valence-corrected chi connectivity index (χ2v) is 5.73. The molecule has 2 nitrogen and oxygen atoms in total. The van der Waals surface area contributed by atoms with E-state index < -0.39 is 0 Å². The average molecular weight is 316 g/mol. The van der Waals surface area contributed by atoms with Crippen molar-refractivity contribution in [2.24, 2.45) is 0 Å². The van der Waals surface area contributed by atoms with Crippen molar-refractivity contribution in [1.82, 2.24) is 5.43 Å². The zero-order valence-corrected chi connectivity index (χ0v) is 13.1. The highest BCUT2D eigenvalue weighted by Crippen LogP contribution is 2.35. The molecule has 0 aliphatic carbocycles. The summed E-state index contributed by atoms with van der Waals surface area (Å²) in [7, 11) is 0. The molecule has 0 spiro atoms. The first-order chi connectivity index (χ1) is 11.8. The number of nitrogens with zero attached hydrogens (tertiary/aromatic N) is 1. The van der Waals surface area contributed by atoms with Crippen LogP contribution in [0.25, 0.3) is 5.70 Å². The quantitative estimate of drug-likeness (QED) is 0.737. The van der Waals surface area contributed by atoms with Gasteiger partial charge in [0.25, 0.3) is 0 Å². The number of benzene rings is 3. The van der Waals surface area contributed by atoms with Crippen LogP contribution in [-0.2, 0) is 0 Å². The molecule has 1 atom stereocenters. The Balaban J connectivity index is 1.79. The summed E-state index contributed by atoms with van der Waals surface area (Å²) in [6.07, 6.45) is 2.07. The van der Waals surface area contributed by atoms with Crippen molar-refractivity contribution >= 4 is 11.4 Å². The summed E-state index contributed by atoms with van der Waals surface area (Å²) in [6, 6.07) is 26.8. The molecular weight excluding hydrogens is 299 g/mol. The maximum Gasteiger partial charge on any atom is 0.128 e. The molecule has 1 unspecified atom stereocenters. The lowest BCUT2D eigenvalue weighted by Crippen LogP contribution is -2.34. The molecule has 3 aromatic carbocycles. The van der Waals surface area contributed by atoms with Crippen molar-refractivity contribution < 1.29 is 4.39 Å². The molecule has 0 saturated heterocycles. The molecule has 0 saturated carbocycles. The molecule has 3 aromatic rings. The molecule has 1 heterocycles. The highest BCUT2D eigenvalue weighted by atomic mass is 19.1. The van der Waals surface area contributed by atoms with Crippen LogP contribution in [0.4, 0.5) is 10.1 Å². The predicted octanol–water partition coefficient (Wildman–Crippen LogP) is 4.93. The van der Waals surface area contributed by atoms with Crippen LogP contribution in [0.3, 0.4) is 0 Å². The molecule has 118 valence electrons. The fourth-order valence-electron chi connectivity index (χ4n) is 3.01. The fraction of sp³-hybridized carbons (Fsp3) is 0.0476. The molecule has 24 heavy (non-hydrogen) atoms. The Bertz CT molecular complexity index is 859. The summed E-state index contributed by atoms with van der Waals surface area (Å²) in [5.74, 6) is -0.198. The van der Waals surface area contributed by atoms with Crippen LogP contribution in [-0.4, -0.2) is 0 Å². The Hall–Kier alpha value is -3.07. The van der Waals surface area contributed by atoms with Gasteiger partial charge in [-0.05, 0) is 29.8 Å². The lowest BCUT2D eigenvalue weighted by atomic mass is 10.0. The third-order valence-electron chi connectivity index (χ3n) is 4.19. The highest BCUT2D eigenvalue weighted by molar-refractivity contribution is 5.72. The summed E-state index contributed by atoms with van der Waals surface area (Å²) in [4.78, 5) is 0. The third-order valence-corrected chi connectivity index (χ3v) is 4.19. The maximum absolute atomic E-state index is 14.4. The monoisotopic (exact) mass is 316 g/mol. The summed E-state index contributed by atoms with van der Waals surface area (Å²) in [5, 5.41) is 2.00. The minimum Gasteiger partial charge on any atom is -0.297 e. The van der Waals surface area contributed by atoms with E-state index in [-0.39, 0.29) is 11.9 Å². The fourth-order valence-corrected chi connectivity index (χ4v) is 3.01. The van der Waals surface area contributed by atoms with Gasteiger partial charge in [-0.2, -0.15) is 0 Å². The van der Waals surface area contributed by atoms with Crippen molar-refractivity contribution in [3.05, 3.63) is 108 Å². The summed E-state index contributed by atoms with van der Waals surface area (Å²) < 4.78 is 14.4. The van der Waals surface area contributed by atoms with E-state index in [4.69, 9.17) is 0 Å². The van der Waals surface area contributed by atoms with Crippen LogP contribution in [0.15, 0.2) is 91.0 Å². The number of hydrogen-bond donors (Lipinski definition) is 1. The van der Waals surface area contributed by atoms with Gasteiger partial charge in [0.15, 0.2) is 0 Å². The summed E-state index contributed by atoms with van der Waals surface area (Å²) in [5.41, 5.74) is 7.13. The molecule has 1 aliphatic rings. The van der Waals surface area contributed by atoms with E-state index in [9.17, 15) is 4.39 Å². The second kappa shape index (κ2) is 6.20. The Morgan fingerprint density at radius 1 is 0.750 bits per heavy atom. The molecule has 0 radical (unpaired) electrons. The summed E-state index contributed by atoms with van der Waals surface area (Å²) in [6.45, 7) is 0. The van der Waals surface area contributed by atoms with Gasteiger partial charge < -0.3 is 0 Å². The van der Waals surface area contributed by atoms with E-state index in [1.54, 1.807) is 6.07 Å². The van der Waals surface area contributed by atoms with Gasteiger partial charge >= 0.3 is 0 Å². The minimum absolute atomic E-state index is 0.198. The largest absolute Gasteiger partial charge is 0.297 e. The van der Waals surface area contributed by atoms with Crippen molar-refractivity contribution in [2.75, 3.05) is 5.01 Å². The molecule has 1 N–H and O–H groups in total. The van der Waals surface area contributed by atoms with Crippen LogP contribution < -0.4 is 10.4 Å². The van der Waals surface area contributed by atoms with Crippen LogP contribution in [0.1, 0.15) is 17.2 Å². The average Bonchev–Trinajstić information content (AvgIpc) is 3.09. The van der Waals surface area contributed by atoms with Crippen LogP contribution in [0, 0.1) is 5.82 Å². The lowest BCUT2D eigenvalue weighted by molar-refractivity contribution is 0.590. The SMILES string of the molecule is Fc1ccccc1C1C=C(c2ccccc2)NN1c1ccccc1. The standard InChI is InChI=1S/C21H17FN2/c22-19-14-8-7-13-18(19)21-15-20(16-9-3-1-4-10-16)23-24(21)17-11-5-2-6-12-17/h1-15,21,23H. The van der Waals surface area contributed by atoms with E-state index in [1.807, 2.05) is 77.8 Å². The van der Waals surface area contributed by atoms with Gasteiger partial charge in [-0.15, -0.1) is 0 Å². The zero-order valence-electron chi connectivity index (χ0n) is 13.1. The molecule has 0 bridgehead atoms. The molecule has 0 aromatic heterocycles. The highest BCUT2D eigenvalue weighted by Gasteiger charge is 2.28. The van der Waals surface area contributed by atoms with E-state index in [0.717, 1.165) is 16.9 Å². The minimum atomic E-state index is -0.205.